The molecule has 0 aromatic rings. The third kappa shape index (κ3) is 392. The first kappa shape index (κ1) is 15.6. The summed E-state index contributed by atoms with van der Waals surface area (Å²) in [6.07, 6.45) is 0. The minimum absolute atomic E-state index is 0. The fraction of sp³-hybridized carbons (Fsp3) is 0. The van der Waals surface area contributed by atoms with Crippen LogP contribution in [0.15, 0.2) is 0 Å². The van der Waals surface area contributed by atoms with Crippen molar-refractivity contribution in [1.82, 2.24) is 6.15 Å². The minimum atomic E-state index is -4.67. The fourth-order valence-electron chi connectivity index (χ4n) is 0. The van der Waals surface area contributed by atoms with Gasteiger partial charge in [-0.3, -0.25) is 9.11 Å². The van der Waals surface area contributed by atoms with Gasteiger partial charge in [0, 0.05) is 23.1 Å². The van der Waals surface area contributed by atoms with Gasteiger partial charge >= 0.3 is 10.4 Å². The molecule has 0 bridgehead atoms. The SMILES string of the molecule is N.O=S(=O)(O)O.[Mg]. The maximum absolute atomic E-state index is 8.74. The van der Waals surface area contributed by atoms with Crippen LogP contribution in [0.5, 0.6) is 0 Å². The van der Waals surface area contributed by atoms with E-state index in [0.717, 1.165) is 0 Å². The van der Waals surface area contributed by atoms with Crippen molar-refractivity contribution >= 4 is 33.5 Å². The molecule has 7 heavy (non-hydrogen) atoms. The Kier molecular flexibility index (Phi) is 10.6. The summed E-state index contributed by atoms with van der Waals surface area (Å²) in [6, 6.07) is 0. The van der Waals surface area contributed by atoms with Crippen molar-refractivity contribution in [2.24, 2.45) is 0 Å². The van der Waals surface area contributed by atoms with Crippen LogP contribution in [0.25, 0.3) is 0 Å². The molecule has 0 aliphatic heterocycles. The molecular weight excluding hydrogens is 134 g/mol. The van der Waals surface area contributed by atoms with Gasteiger partial charge in [0.1, 0.15) is 0 Å². The van der Waals surface area contributed by atoms with E-state index >= 15 is 0 Å². The molecule has 0 aromatic heterocycles. The van der Waals surface area contributed by atoms with Crippen molar-refractivity contribution in [3.05, 3.63) is 0 Å². The lowest BCUT2D eigenvalue weighted by Gasteiger charge is -1.68. The van der Waals surface area contributed by atoms with E-state index in [0.29, 0.717) is 0 Å². The van der Waals surface area contributed by atoms with E-state index in [4.69, 9.17) is 17.5 Å². The van der Waals surface area contributed by atoms with Gasteiger partial charge < -0.3 is 6.15 Å². The molecule has 0 spiro atoms. The van der Waals surface area contributed by atoms with Crippen molar-refractivity contribution in [1.29, 1.82) is 0 Å². The Morgan fingerprint density at radius 1 is 1.14 bits per heavy atom. The van der Waals surface area contributed by atoms with Gasteiger partial charge in [0.25, 0.3) is 0 Å². The molecule has 0 unspecified atom stereocenters. The molecule has 5 N–H and O–H groups in total. The number of hydrogen-bond donors (Lipinski definition) is 3. The lowest BCUT2D eigenvalue weighted by molar-refractivity contribution is 0.381. The van der Waals surface area contributed by atoms with Gasteiger partial charge in [-0.25, -0.2) is 0 Å². The monoisotopic (exact) mass is 139 g/mol. The van der Waals surface area contributed by atoms with Crippen LogP contribution in [-0.4, -0.2) is 40.6 Å². The first-order valence-electron chi connectivity index (χ1n) is 0.698. The summed E-state index contributed by atoms with van der Waals surface area (Å²) in [5, 5.41) is 0. The van der Waals surface area contributed by atoms with E-state index in [2.05, 4.69) is 0 Å². The summed E-state index contributed by atoms with van der Waals surface area (Å²) in [7, 11) is -4.67. The summed E-state index contributed by atoms with van der Waals surface area (Å²) in [4.78, 5) is 0. The number of rotatable bonds is 0. The van der Waals surface area contributed by atoms with Crippen LogP contribution in [0, 0.1) is 0 Å². The second kappa shape index (κ2) is 4.75. The van der Waals surface area contributed by atoms with E-state index in [9.17, 15) is 0 Å². The molecule has 5 nitrogen and oxygen atoms in total. The van der Waals surface area contributed by atoms with Gasteiger partial charge in [0.15, 0.2) is 0 Å². The Labute approximate surface area is 57.4 Å². The molecule has 0 heterocycles. The highest BCUT2D eigenvalue weighted by Gasteiger charge is 1.84. The predicted octanol–water partition coefficient (Wildman–Crippen LogP) is -0.872. The molecule has 0 aromatic carbocycles. The zero-order valence-electron chi connectivity index (χ0n) is 3.53. The summed E-state index contributed by atoms with van der Waals surface area (Å²) in [5.41, 5.74) is 0. The zero-order chi connectivity index (χ0) is 4.50. The van der Waals surface area contributed by atoms with E-state index in [1.807, 2.05) is 0 Å². The van der Waals surface area contributed by atoms with Crippen molar-refractivity contribution in [2.45, 2.75) is 0 Å². The Morgan fingerprint density at radius 2 is 1.14 bits per heavy atom. The molecule has 0 rings (SSSR count). The standard InChI is InChI=1S/Mg.H3N.H2O4S/c;;1-5(2,3)4/h;1H3;(H2,1,2,3,4). The van der Waals surface area contributed by atoms with Crippen molar-refractivity contribution in [2.75, 3.05) is 0 Å². The smallest absolute Gasteiger partial charge is 0.344 e. The lowest BCUT2D eigenvalue weighted by Crippen LogP contribution is -1.89. The fourth-order valence-corrected chi connectivity index (χ4v) is 0. The van der Waals surface area contributed by atoms with Crippen LogP contribution in [0.4, 0.5) is 0 Å². The van der Waals surface area contributed by atoms with E-state index in [1.54, 1.807) is 0 Å². The molecule has 0 fully saturated rings. The van der Waals surface area contributed by atoms with Crippen LogP contribution in [0.3, 0.4) is 0 Å². The largest absolute Gasteiger partial charge is 0.394 e. The van der Waals surface area contributed by atoms with E-state index < -0.39 is 10.4 Å². The van der Waals surface area contributed by atoms with Crippen molar-refractivity contribution in [3.8, 4) is 0 Å². The summed E-state index contributed by atoms with van der Waals surface area (Å²) < 4.78 is 31.6. The Hall–Kier alpha value is 0.596. The summed E-state index contributed by atoms with van der Waals surface area (Å²) in [5.74, 6) is 0. The molecule has 0 amide bonds. The van der Waals surface area contributed by atoms with Gasteiger partial charge in [-0.2, -0.15) is 8.42 Å². The van der Waals surface area contributed by atoms with Crippen molar-refractivity contribution in [3.63, 3.8) is 0 Å². The number of hydrogen-bond acceptors (Lipinski definition) is 3. The Balaban J connectivity index is -0.0000000800. The normalized spacial score (nSPS) is 8.29. The Morgan fingerprint density at radius 3 is 1.14 bits per heavy atom. The first-order valence-corrected chi connectivity index (χ1v) is 2.10. The van der Waals surface area contributed by atoms with Gasteiger partial charge in [-0.1, -0.05) is 0 Å². The molecular formula is H5MgNO4S. The third-order valence-electron chi connectivity index (χ3n) is 0. The highest BCUT2D eigenvalue weighted by Crippen LogP contribution is 1.59. The maximum Gasteiger partial charge on any atom is 0.394 e. The molecule has 0 atom stereocenters. The average molecular weight is 139 g/mol. The predicted molar refractivity (Wildman–Crippen MR) is 25.0 cm³/mol. The summed E-state index contributed by atoms with van der Waals surface area (Å²) >= 11 is 0. The molecule has 0 aliphatic carbocycles. The topological polar surface area (TPSA) is 110 Å². The van der Waals surface area contributed by atoms with Crippen LogP contribution < -0.4 is 6.15 Å². The van der Waals surface area contributed by atoms with Gasteiger partial charge in [-0.15, -0.1) is 0 Å². The van der Waals surface area contributed by atoms with Crippen LogP contribution in [0.1, 0.15) is 0 Å². The minimum Gasteiger partial charge on any atom is -0.344 e. The average Bonchev–Trinajstić information content (AvgIpc) is 0.722. The van der Waals surface area contributed by atoms with Crippen LogP contribution in [-0.2, 0) is 10.4 Å². The molecule has 7 heteroatoms. The second-order valence-electron chi connectivity index (χ2n) is 0.448. The molecule has 2 radical (unpaired) electrons. The Bertz CT molecular complexity index is 94.9. The van der Waals surface area contributed by atoms with Crippen LogP contribution in [0.2, 0.25) is 0 Å². The molecule has 0 aliphatic rings. The van der Waals surface area contributed by atoms with Crippen LogP contribution >= 0.6 is 0 Å². The maximum atomic E-state index is 8.74. The summed E-state index contributed by atoms with van der Waals surface area (Å²) in [6.45, 7) is 0. The highest BCUT2D eigenvalue weighted by atomic mass is 32.3. The van der Waals surface area contributed by atoms with Gasteiger partial charge in [0.05, 0.1) is 0 Å². The van der Waals surface area contributed by atoms with Crippen molar-refractivity contribution < 1.29 is 17.5 Å². The second-order valence-corrected chi connectivity index (χ2v) is 1.34. The zero-order valence-corrected chi connectivity index (χ0v) is 5.76. The third-order valence-corrected chi connectivity index (χ3v) is 0. The quantitative estimate of drug-likeness (QED) is 0.298. The first-order chi connectivity index (χ1) is 2.00. The molecule has 42 valence electrons. The van der Waals surface area contributed by atoms with Gasteiger partial charge in [0.2, 0.25) is 0 Å². The lowest BCUT2D eigenvalue weighted by atomic mass is 14.0. The molecule has 0 saturated carbocycles. The van der Waals surface area contributed by atoms with E-state index in [-0.39, 0.29) is 29.2 Å². The highest BCUT2D eigenvalue weighted by molar-refractivity contribution is 7.79. The molecule has 0 saturated heterocycles. The van der Waals surface area contributed by atoms with Gasteiger partial charge in [-0.05, 0) is 0 Å². The van der Waals surface area contributed by atoms with E-state index in [1.165, 1.54) is 0 Å².